The zero-order valence-electron chi connectivity index (χ0n) is 17.2. The van der Waals surface area contributed by atoms with Gasteiger partial charge in [-0.3, -0.25) is 0 Å². The minimum absolute atomic E-state index is 0.332. The maximum atomic E-state index is 12.8. The summed E-state index contributed by atoms with van der Waals surface area (Å²) in [5, 5.41) is 0. The molecule has 0 spiro atoms. The van der Waals surface area contributed by atoms with Gasteiger partial charge in [0.05, 0.1) is 12.2 Å². The Morgan fingerprint density at radius 2 is 1.41 bits per heavy atom. The quantitative estimate of drug-likeness (QED) is 0.552. The maximum absolute atomic E-state index is 12.8. The van der Waals surface area contributed by atoms with Crippen LogP contribution in [0, 0.1) is 0 Å². The monoisotopic (exact) mass is 404 g/mol. The Hall–Kier alpha value is -1.77. The van der Waals surface area contributed by atoms with Crippen LogP contribution in [0.4, 0.5) is 0 Å². The predicted octanol–water partition coefficient (Wildman–Crippen LogP) is 2.84. The molecule has 1 saturated carbocycles. The second-order valence-electron chi connectivity index (χ2n) is 8.45. The number of fused-ring (bicyclic) bond motifs is 2. The summed E-state index contributed by atoms with van der Waals surface area (Å²) in [6, 6.07) is 8.85. The zero-order chi connectivity index (χ0) is 20.8. The lowest BCUT2D eigenvalue weighted by Gasteiger charge is -2.41. The first-order valence-corrected chi connectivity index (χ1v) is 9.90. The topological polar surface area (TPSA) is 72.5 Å². The lowest BCUT2D eigenvalue weighted by molar-refractivity contribution is -0.187. The third-order valence-corrected chi connectivity index (χ3v) is 5.28. The average Bonchev–Trinajstić information content (AvgIpc) is 3.16. The van der Waals surface area contributed by atoms with Crippen LogP contribution in [-0.2, 0) is 28.4 Å². The van der Waals surface area contributed by atoms with Gasteiger partial charge in [-0.25, -0.2) is 4.79 Å². The summed E-state index contributed by atoms with van der Waals surface area (Å²) in [5.41, 5.74) is 0.460. The van der Waals surface area contributed by atoms with Crippen molar-refractivity contribution in [1.82, 2.24) is 0 Å². The predicted molar refractivity (Wildman–Crippen MR) is 103 cm³/mol. The van der Waals surface area contributed by atoms with Gasteiger partial charge in [-0.05, 0) is 39.8 Å². The smallest absolute Gasteiger partial charge is 0.338 e. The first-order valence-electron chi connectivity index (χ1n) is 9.90. The fourth-order valence-electron chi connectivity index (χ4n) is 4.29. The molecule has 7 nitrogen and oxygen atoms in total. The lowest BCUT2D eigenvalue weighted by Crippen LogP contribution is -2.63. The molecule has 2 saturated heterocycles. The van der Waals surface area contributed by atoms with E-state index in [-0.39, 0.29) is 0 Å². The van der Waals surface area contributed by atoms with E-state index in [0.29, 0.717) is 12.2 Å². The molecule has 0 bridgehead atoms. The van der Waals surface area contributed by atoms with Crippen molar-refractivity contribution >= 4 is 5.97 Å². The van der Waals surface area contributed by atoms with Crippen molar-refractivity contribution in [1.29, 1.82) is 0 Å². The number of ether oxygens (including phenoxy) is 6. The molecule has 4 rings (SSSR count). The van der Waals surface area contributed by atoms with E-state index in [9.17, 15) is 4.79 Å². The van der Waals surface area contributed by atoms with Crippen molar-refractivity contribution < 1.29 is 33.2 Å². The third kappa shape index (κ3) is 3.98. The molecule has 7 heteroatoms. The molecule has 158 valence electrons. The van der Waals surface area contributed by atoms with Gasteiger partial charge in [-0.2, -0.15) is 0 Å². The van der Waals surface area contributed by atoms with Gasteiger partial charge in [0, 0.05) is 0 Å². The van der Waals surface area contributed by atoms with Crippen LogP contribution in [-0.4, -0.2) is 60.8 Å². The normalized spacial score (nSPS) is 36.8. The molecule has 0 unspecified atom stereocenters. The second-order valence-corrected chi connectivity index (χ2v) is 8.45. The van der Waals surface area contributed by atoms with E-state index < -0.39 is 54.2 Å². The van der Waals surface area contributed by atoms with Gasteiger partial charge >= 0.3 is 5.97 Å². The Morgan fingerprint density at radius 3 is 1.90 bits per heavy atom. The molecule has 1 aromatic rings. The highest BCUT2D eigenvalue weighted by atomic mass is 16.8. The van der Waals surface area contributed by atoms with Crippen molar-refractivity contribution in [3.05, 3.63) is 48.6 Å². The van der Waals surface area contributed by atoms with Gasteiger partial charge < -0.3 is 28.4 Å². The van der Waals surface area contributed by atoms with Crippen molar-refractivity contribution in [2.45, 2.75) is 75.9 Å². The number of hydrogen-bond donors (Lipinski definition) is 0. The Kier molecular flexibility index (Phi) is 5.29. The fourth-order valence-corrected chi connectivity index (χ4v) is 4.29. The number of rotatable bonds is 5. The van der Waals surface area contributed by atoms with E-state index in [4.69, 9.17) is 28.4 Å². The number of esters is 1. The first-order chi connectivity index (χ1) is 13.7. The molecule has 2 aliphatic heterocycles. The minimum Gasteiger partial charge on any atom is -0.453 e. The summed E-state index contributed by atoms with van der Waals surface area (Å²) in [7, 11) is 0. The summed E-state index contributed by atoms with van der Waals surface area (Å²) >= 11 is 0. The lowest BCUT2D eigenvalue weighted by atomic mass is 9.84. The van der Waals surface area contributed by atoms with Crippen LogP contribution in [0.15, 0.2) is 43.0 Å². The maximum Gasteiger partial charge on any atom is 0.338 e. The molecule has 29 heavy (non-hydrogen) atoms. The van der Waals surface area contributed by atoms with E-state index in [1.54, 1.807) is 30.3 Å². The molecule has 2 heterocycles. The third-order valence-electron chi connectivity index (χ3n) is 5.28. The SMILES string of the molecule is C=CCO[C@@H]1[C@H]2OC(C)(C)O[C@@H]2[C@@H](OC(=O)c2ccccc2)[C@@H]2OC(C)(C)O[C@@H]12. The molecule has 6 atom stereocenters. The molecule has 3 aliphatic rings. The molecule has 0 amide bonds. The van der Waals surface area contributed by atoms with Crippen LogP contribution >= 0.6 is 0 Å². The molecule has 0 N–H and O–H groups in total. The van der Waals surface area contributed by atoms with Crippen LogP contribution in [0.1, 0.15) is 38.1 Å². The summed E-state index contributed by atoms with van der Waals surface area (Å²) in [4.78, 5) is 12.8. The van der Waals surface area contributed by atoms with Crippen LogP contribution in [0.3, 0.4) is 0 Å². The van der Waals surface area contributed by atoms with Crippen molar-refractivity contribution in [3.63, 3.8) is 0 Å². The van der Waals surface area contributed by atoms with Crippen LogP contribution in [0.5, 0.6) is 0 Å². The van der Waals surface area contributed by atoms with Gasteiger partial charge in [-0.1, -0.05) is 24.3 Å². The summed E-state index contributed by atoms with van der Waals surface area (Å²) < 4.78 is 36.5. The van der Waals surface area contributed by atoms with Gasteiger partial charge in [0.15, 0.2) is 17.7 Å². The van der Waals surface area contributed by atoms with E-state index in [1.807, 2.05) is 33.8 Å². The minimum atomic E-state index is -0.851. The molecular weight excluding hydrogens is 376 g/mol. The fraction of sp³-hybridized carbons (Fsp3) is 0.591. The molecule has 3 fully saturated rings. The van der Waals surface area contributed by atoms with Crippen molar-refractivity contribution in [2.75, 3.05) is 6.61 Å². The number of carbonyl (C=O) groups is 1. The zero-order valence-corrected chi connectivity index (χ0v) is 17.2. The molecule has 1 aromatic carbocycles. The van der Waals surface area contributed by atoms with Gasteiger partial charge in [0.1, 0.15) is 30.5 Å². The summed E-state index contributed by atoms with van der Waals surface area (Å²) in [6.07, 6.45) is -1.52. The Balaban J connectivity index is 1.66. The van der Waals surface area contributed by atoms with E-state index in [1.165, 1.54) is 0 Å². The van der Waals surface area contributed by atoms with E-state index in [2.05, 4.69) is 6.58 Å². The second kappa shape index (κ2) is 7.49. The van der Waals surface area contributed by atoms with Gasteiger partial charge in [0.25, 0.3) is 0 Å². The number of carbonyl (C=O) groups excluding carboxylic acids is 1. The van der Waals surface area contributed by atoms with Gasteiger partial charge in [-0.15, -0.1) is 6.58 Å². The van der Waals surface area contributed by atoms with E-state index >= 15 is 0 Å². The van der Waals surface area contributed by atoms with Crippen LogP contribution in [0.25, 0.3) is 0 Å². The standard InChI is InChI=1S/C22H28O7/c1-6-12-24-14-16-18(28-21(2,3)26-16)15(19-17(14)27-22(4,5)29-19)25-20(23)13-10-8-7-9-11-13/h6-11,14-19H,1,12H2,2-5H3/t14-,15-,16-,17+,18-,19+. The highest BCUT2D eigenvalue weighted by Crippen LogP contribution is 2.46. The van der Waals surface area contributed by atoms with Gasteiger partial charge in [0.2, 0.25) is 0 Å². The molecule has 0 aromatic heterocycles. The molecular formula is C22H28O7. The Bertz CT molecular complexity index is 728. The Morgan fingerprint density at radius 1 is 0.931 bits per heavy atom. The van der Waals surface area contributed by atoms with Crippen molar-refractivity contribution in [3.8, 4) is 0 Å². The largest absolute Gasteiger partial charge is 0.453 e. The first kappa shape index (κ1) is 20.5. The van der Waals surface area contributed by atoms with E-state index in [0.717, 1.165) is 0 Å². The Labute approximate surface area is 170 Å². The number of benzene rings is 1. The number of hydrogen-bond acceptors (Lipinski definition) is 7. The molecule has 1 aliphatic carbocycles. The van der Waals surface area contributed by atoms with Crippen LogP contribution in [0.2, 0.25) is 0 Å². The van der Waals surface area contributed by atoms with Crippen molar-refractivity contribution in [2.24, 2.45) is 0 Å². The average molecular weight is 404 g/mol. The highest BCUT2D eigenvalue weighted by molar-refractivity contribution is 5.89. The van der Waals surface area contributed by atoms with Crippen LogP contribution < -0.4 is 0 Å². The highest BCUT2D eigenvalue weighted by Gasteiger charge is 2.65. The molecule has 0 radical (unpaired) electrons. The summed E-state index contributed by atoms with van der Waals surface area (Å²) in [6.45, 7) is 11.4. The summed E-state index contributed by atoms with van der Waals surface area (Å²) in [5.74, 6) is -2.15.